The van der Waals surface area contributed by atoms with Gasteiger partial charge in [0.05, 0.1) is 0 Å². The molecule has 0 unspecified atom stereocenters. The van der Waals surface area contributed by atoms with Crippen molar-refractivity contribution in [1.29, 1.82) is 0 Å². The Bertz CT molecular complexity index is 855. The lowest BCUT2D eigenvalue weighted by Gasteiger charge is -2.41. The Morgan fingerprint density at radius 2 is 1.79 bits per heavy atom. The van der Waals surface area contributed by atoms with Crippen LogP contribution in [0.3, 0.4) is 0 Å². The second-order valence-electron chi connectivity index (χ2n) is 7.42. The molecule has 6 nitrogen and oxygen atoms in total. The van der Waals surface area contributed by atoms with Gasteiger partial charge in [0.25, 0.3) is 5.91 Å². The minimum absolute atomic E-state index is 0.0273. The number of anilines is 2. The van der Waals surface area contributed by atoms with Crippen LogP contribution in [0, 0.1) is 0 Å². The Labute approximate surface area is 165 Å². The van der Waals surface area contributed by atoms with Gasteiger partial charge in [-0.2, -0.15) is 0 Å². The quantitative estimate of drug-likeness (QED) is 0.893. The van der Waals surface area contributed by atoms with Crippen LogP contribution in [0.15, 0.2) is 54.6 Å². The Kier molecular flexibility index (Phi) is 5.19. The zero-order chi connectivity index (χ0) is 19.5. The molecule has 2 saturated heterocycles. The Morgan fingerprint density at radius 3 is 2.54 bits per heavy atom. The molecule has 0 spiro atoms. The second kappa shape index (κ2) is 7.92. The van der Waals surface area contributed by atoms with Crippen molar-refractivity contribution in [2.24, 2.45) is 0 Å². The molecule has 0 bridgehead atoms. The molecule has 28 heavy (non-hydrogen) atoms. The molecule has 1 N–H and O–H groups in total. The van der Waals surface area contributed by atoms with E-state index >= 15 is 0 Å². The summed E-state index contributed by atoms with van der Waals surface area (Å²) >= 11 is 0. The minimum Gasteiger partial charge on any atom is -0.368 e. The van der Waals surface area contributed by atoms with E-state index in [-0.39, 0.29) is 18.0 Å². The average Bonchev–Trinajstić information content (AvgIpc) is 2.74. The van der Waals surface area contributed by atoms with E-state index in [9.17, 15) is 9.59 Å². The van der Waals surface area contributed by atoms with Gasteiger partial charge in [-0.15, -0.1) is 0 Å². The summed E-state index contributed by atoms with van der Waals surface area (Å²) in [7, 11) is 0. The van der Waals surface area contributed by atoms with Gasteiger partial charge in [0.2, 0.25) is 0 Å². The monoisotopic (exact) mass is 378 g/mol. The van der Waals surface area contributed by atoms with E-state index in [1.807, 2.05) is 47.4 Å². The van der Waals surface area contributed by atoms with Crippen LogP contribution in [0.2, 0.25) is 0 Å². The fraction of sp³-hybridized carbons (Fsp3) is 0.364. The van der Waals surface area contributed by atoms with Crippen molar-refractivity contribution in [1.82, 2.24) is 10.2 Å². The molecule has 2 heterocycles. The Hall–Kier alpha value is -3.02. The molecule has 1 atom stereocenters. The number of carbonyl (C=O) groups is 2. The van der Waals surface area contributed by atoms with E-state index in [1.54, 1.807) is 4.90 Å². The number of carbonyl (C=O) groups excluding carboxylic acids is 2. The zero-order valence-corrected chi connectivity index (χ0v) is 16.2. The third-order valence-electron chi connectivity index (χ3n) is 5.49. The van der Waals surface area contributed by atoms with Crippen molar-refractivity contribution in [2.45, 2.75) is 19.4 Å². The summed E-state index contributed by atoms with van der Waals surface area (Å²) in [4.78, 5) is 31.2. The van der Waals surface area contributed by atoms with Crippen LogP contribution >= 0.6 is 0 Å². The first-order valence-corrected chi connectivity index (χ1v) is 9.90. The summed E-state index contributed by atoms with van der Waals surface area (Å²) in [5.41, 5.74) is 2.61. The van der Waals surface area contributed by atoms with Gasteiger partial charge in [-0.1, -0.05) is 24.3 Å². The first kappa shape index (κ1) is 18.3. The van der Waals surface area contributed by atoms with E-state index in [2.05, 4.69) is 29.3 Å². The van der Waals surface area contributed by atoms with E-state index in [4.69, 9.17) is 0 Å². The molecule has 2 aliphatic heterocycles. The highest BCUT2D eigenvalue weighted by Crippen LogP contribution is 2.23. The fourth-order valence-corrected chi connectivity index (χ4v) is 3.98. The van der Waals surface area contributed by atoms with E-state index in [0.29, 0.717) is 25.2 Å². The molecule has 0 aromatic heterocycles. The summed E-state index contributed by atoms with van der Waals surface area (Å²) in [6, 6.07) is 17.8. The lowest BCUT2D eigenvalue weighted by molar-refractivity contribution is 0.0674. The standard InChI is InChI=1S/C22H26N4O2/c1-17-16-24(19-8-3-2-4-9-19)13-14-25(17)21(27)18-7-5-10-20(15-18)26-12-6-11-23-22(26)28/h2-5,7-10,15,17H,6,11-14,16H2,1H3,(H,23,28)/t17-/m0/s1. The van der Waals surface area contributed by atoms with Crippen LogP contribution in [-0.4, -0.2) is 55.6 Å². The molecule has 2 fully saturated rings. The van der Waals surface area contributed by atoms with Gasteiger partial charge in [0.15, 0.2) is 0 Å². The Balaban J connectivity index is 1.47. The van der Waals surface area contributed by atoms with Crippen molar-refractivity contribution in [2.75, 3.05) is 42.5 Å². The number of nitrogens with one attached hydrogen (secondary N) is 1. The molecule has 146 valence electrons. The smallest absolute Gasteiger partial charge is 0.321 e. The molecule has 0 aliphatic carbocycles. The Morgan fingerprint density at radius 1 is 1.00 bits per heavy atom. The SMILES string of the molecule is C[C@H]1CN(c2ccccc2)CCN1C(=O)c1cccc(N2CCCNC2=O)c1. The van der Waals surface area contributed by atoms with Crippen LogP contribution in [0.4, 0.5) is 16.2 Å². The molecule has 0 saturated carbocycles. The van der Waals surface area contributed by atoms with Crippen LogP contribution in [-0.2, 0) is 0 Å². The normalized spacial score (nSPS) is 20.1. The number of hydrogen-bond acceptors (Lipinski definition) is 3. The number of amides is 3. The lowest BCUT2D eigenvalue weighted by atomic mass is 10.1. The maximum Gasteiger partial charge on any atom is 0.321 e. The molecule has 0 radical (unpaired) electrons. The summed E-state index contributed by atoms with van der Waals surface area (Å²) in [5.74, 6) is 0.0273. The minimum atomic E-state index is -0.0966. The van der Waals surface area contributed by atoms with E-state index < -0.39 is 0 Å². The predicted octanol–water partition coefficient (Wildman–Crippen LogP) is 2.96. The van der Waals surface area contributed by atoms with Crippen molar-refractivity contribution < 1.29 is 9.59 Å². The van der Waals surface area contributed by atoms with Crippen LogP contribution in [0.1, 0.15) is 23.7 Å². The van der Waals surface area contributed by atoms with Gasteiger partial charge >= 0.3 is 6.03 Å². The van der Waals surface area contributed by atoms with Gasteiger partial charge in [-0.3, -0.25) is 9.69 Å². The number of rotatable bonds is 3. The summed E-state index contributed by atoms with van der Waals surface area (Å²) in [6.45, 7) is 5.78. The highest BCUT2D eigenvalue weighted by atomic mass is 16.2. The highest BCUT2D eigenvalue weighted by molar-refractivity contribution is 5.98. The maximum absolute atomic E-state index is 13.2. The van der Waals surface area contributed by atoms with Crippen molar-refractivity contribution in [3.05, 3.63) is 60.2 Å². The van der Waals surface area contributed by atoms with E-state index in [0.717, 1.165) is 25.2 Å². The largest absolute Gasteiger partial charge is 0.368 e. The molecule has 3 amide bonds. The van der Waals surface area contributed by atoms with Gasteiger partial charge in [-0.25, -0.2) is 4.79 Å². The van der Waals surface area contributed by atoms with Crippen molar-refractivity contribution >= 4 is 23.3 Å². The van der Waals surface area contributed by atoms with Gasteiger partial charge < -0.3 is 15.1 Å². The van der Waals surface area contributed by atoms with Crippen molar-refractivity contribution in [3.8, 4) is 0 Å². The summed E-state index contributed by atoms with van der Waals surface area (Å²) in [6.07, 6.45) is 0.905. The van der Waals surface area contributed by atoms with E-state index in [1.165, 1.54) is 5.69 Å². The van der Waals surface area contributed by atoms with Crippen LogP contribution in [0.25, 0.3) is 0 Å². The zero-order valence-electron chi connectivity index (χ0n) is 16.2. The molecular formula is C22H26N4O2. The number of para-hydroxylation sites is 1. The highest BCUT2D eigenvalue weighted by Gasteiger charge is 2.29. The molecule has 2 aromatic carbocycles. The van der Waals surface area contributed by atoms with Crippen LogP contribution in [0.5, 0.6) is 0 Å². The van der Waals surface area contributed by atoms with Gasteiger partial charge in [-0.05, 0) is 43.7 Å². The molecule has 6 heteroatoms. The fourth-order valence-electron chi connectivity index (χ4n) is 3.98. The molecular weight excluding hydrogens is 352 g/mol. The van der Waals surface area contributed by atoms with Gasteiger partial charge in [0.1, 0.15) is 0 Å². The number of hydrogen-bond donors (Lipinski definition) is 1. The van der Waals surface area contributed by atoms with Crippen molar-refractivity contribution in [3.63, 3.8) is 0 Å². The number of piperazine rings is 1. The molecule has 4 rings (SSSR count). The third kappa shape index (κ3) is 3.67. The molecule has 2 aliphatic rings. The number of nitrogens with zero attached hydrogens (tertiary/aromatic N) is 3. The first-order chi connectivity index (χ1) is 13.6. The first-order valence-electron chi connectivity index (χ1n) is 9.90. The predicted molar refractivity (Wildman–Crippen MR) is 111 cm³/mol. The number of urea groups is 1. The van der Waals surface area contributed by atoms with Gasteiger partial charge in [0, 0.05) is 55.7 Å². The summed E-state index contributed by atoms with van der Waals surface area (Å²) in [5, 5.41) is 2.86. The summed E-state index contributed by atoms with van der Waals surface area (Å²) < 4.78 is 0. The molecule has 2 aromatic rings. The third-order valence-corrected chi connectivity index (χ3v) is 5.49. The number of benzene rings is 2. The topological polar surface area (TPSA) is 55.9 Å². The van der Waals surface area contributed by atoms with Crippen LogP contribution < -0.4 is 15.1 Å². The lowest BCUT2D eigenvalue weighted by Crippen LogP contribution is -2.54. The second-order valence-corrected chi connectivity index (χ2v) is 7.42. The maximum atomic E-state index is 13.2. The average molecular weight is 378 g/mol.